The van der Waals surface area contributed by atoms with Crippen LogP contribution in [-0.4, -0.2) is 47.9 Å². The Labute approximate surface area is 198 Å². The van der Waals surface area contributed by atoms with E-state index in [0.717, 1.165) is 6.42 Å². The van der Waals surface area contributed by atoms with E-state index in [9.17, 15) is 19.5 Å². The number of carbonyl (C=O) groups is 3. The molecule has 8 atom stereocenters. The SMILES string of the molecule is C=C1C(=O)[C@@]23C(=O)O[C@H]4CCC(C)(C)[C@H]5[C@H](O)OC[C@@]45[C@@H]2CC[C@@H]1[C@H]3OC(=O)c1ccccc1. The number of Topliss-reactive ketones (excluding diaryl/α,β-unsaturated/α-hetero) is 1. The normalized spacial score (nSPS) is 44.0. The maximum atomic E-state index is 13.9. The van der Waals surface area contributed by atoms with E-state index in [-0.39, 0.29) is 23.7 Å². The summed E-state index contributed by atoms with van der Waals surface area (Å²) in [5.41, 5.74) is -1.97. The maximum Gasteiger partial charge on any atom is 0.338 e. The third-order valence-corrected chi connectivity index (χ3v) is 9.59. The second kappa shape index (κ2) is 7.01. The number of hydrogen-bond donors (Lipinski definition) is 1. The van der Waals surface area contributed by atoms with Crippen LogP contribution in [-0.2, 0) is 23.8 Å². The number of ketones is 1. The first-order valence-corrected chi connectivity index (χ1v) is 12.2. The van der Waals surface area contributed by atoms with Gasteiger partial charge in [-0.3, -0.25) is 9.59 Å². The van der Waals surface area contributed by atoms with Gasteiger partial charge in [0.25, 0.3) is 0 Å². The van der Waals surface area contributed by atoms with Crippen molar-refractivity contribution in [2.24, 2.45) is 34.0 Å². The molecule has 0 unspecified atom stereocenters. The monoisotopic (exact) mass is 466 g/mol. The number of aliphatic hydroxyl groups is 1. The molecular weight excluding hydrogens is 436 g/mol. The molecule has 1 aromatic carbocycles. The van der Waals surface area contributed by atoms with Crippen LogP contribution in [0.15, 0.2) is 42.5 Å². The third-order valence-electron chi connectivity index (χ3n) is 9.59. The number of rotatable bonds is 2. The number of ether oxygens (including phenoxy) is 3. The van der Waals surface area contributed by atoms with Crippen molar-refractivity contribution in [2.75, 3.05) is 6.61 Å². The van der Waals surface area contributed by atoms with Gasteiger partial charge >= 0.3 is 11.9 Å². The first kappa shape index (κ1) is 22.0. The molecule has 0 amide bonds. The van der Waals surface area contributed by atoms with Gasteiger partial charge in [-0.1, -0.05) is 38.6 Å². The first-order chi connectivity index (χ1) is 16.2. The number of benzene rings is 1. The zero-order valence-corrected chi connectivity index (χ0v) is 19.5. The van der Waals surface area contributed by atoms with E-state index in [4.69, 9.17) is 14.2 Å². The molecule has 0 radical (unpaired) electrons. The number of esters is 2. The topological polar surface area (TPSA) is 99.1 Å². The average Bonchev–Trinajstić information content (AvgIpc) is 3.23. The fourth-order valence-electron chi connectivity index (χ4n) is 8.25. The molecular formula is C27H30O7. The average molecular weight is 467 g/mol. The Balaban J connectivity index is 1.49. The molecule has 2 heterocycles. The standard InChI is InChI=1S/C27H30O7/c1-14-16-9-10-17-26-13-32-23(30)19(26)25(2,3)12-11-18(26)33-24(31)27(17,20(14)28)21(16)34-22(29)15-7-5-4-6-8-15/h4-8,16-19,21,23,30H,1,9-13H2,2-3H3/t16-,17-,18-,19+,21+,23+,26+,27-/m0/s1. The van der Waals surface area contributed by atoms with Gasteiger partial charge in [0, 0.05) is 17.3 Å². The quantitative estimate of drug-likeness (QED) is 0.406. The predicted molar refractivity (Wildman–Crippen MR) is 119 cm³/mol. The number of aliphatic hydroxyl groups excluding tert-OH is 1. The van der Waals surface area contributed by atoms with E-state index >= 15 is 0 Å². The molecule has 34 heavy (non-hydrogen) atoms. The van der Waals surface area contributed by atoms with Gasteiger partial charge in [0.05, 0.1) is 12.2 Å². The molecule has 0 aromatic heterocycles. The minimum Gasteiger partial charge on any atom is -0.461 e. The van der Waals surface area contributed by atoms with Gasteiger partial charge in [0.15, 0.2) is 17.5 Å². The molecule has 3 aliphatic carbocycles. The largest absolute Gasteiger partial charge is 0.461 e. The maximum absolute atomic E-state index is 13.9. The molecule has 3 saturated carbocycles. The molecule has 5 aliphatic rings. The van der Waals surface area contributed by atoms with Gasteiger partial charge in [0.2, 0.25) is 0 Å². The van der Waals surface area contributed by atoms with E-state index in [1.54, 1.807) is 30.3 Å². The van der Waals surface area contributed by atoms with Crippen molar-refractivity contribution in [1.82, 2.24) is 0 Å². The van der Waals surface area contributed by atoms with E-state index in [2.05, 4.69) is 20.4 Å². The molecule has 7 nitrogen and oxygen atoms in total. The first-order valence-electron chi connectivity index (χ1n) is 12.2. The Morgan fingerprint density at radius 3 is 2.62 bits per heavy atom. The van der Waals surface area contributed by atoms with Crippen LogP contribution in [0.4, 0.5) is 0 Å². The number of hydrogen-bond acceptors (Lipinski definition) is 7. The van der Waals surface area contributed by atoms with Crippen LogP contribution >= 0.6 is 0 Å². The highest BCUT2D eigenvalue weighted by molar-refractivity contribution is 6.16. The molecule has 180 valence electrons. The second-order valence-electron chi connectivity index (χ2n) is 11.4. The summed E-state index contributed by atoms with van der Waals surface area (Å²) in [6, 6.07) is 8.57. The van der Waals surface area contributed by atoms with Crippen molar-refractivity contribution < 1.29 is 33.7 Å². The molecule has 7 heteroatoms. The van der Waals surface area contributed by atoms with Gasteiger partial charge < -0.3 is 19.3 Å². The summed E-state index contributed by atoms with van der Waals surface area (Å²) in [5, 5.41) is 10.9. The van der Waals surface area contributed by atoms with Crippen molar-refractivity contribution >= 4 is 17.7 Å². The number of carbonyl (C=O) groups excluding carboxylic acids is 3. The van der Waals surface area contributed by atoms with E-state index in [1.807, 2.05) is 0 Å². The molecule has 2 bridgehead atoms. The van der Waals surface area contributed by atoms with Gasteiger partial charge in [-0.25, -0.2) is 4.79 Å². The lowest BCUT2D eigenvalue weighted by Crippen LogP contribution is -2.71. The van der Waals surface area contributed by atoms with Crippen LogP contribution in [0, 0.1) is 34.0 Å². The Morgan fingerprint density at radius 2 is 1.88 bits per heavy atom. The van der Waals surface area contributed by atoms with Crippen molar-refractivity contribution in [3.05, 3.63) is 48.0 Å². The fourth-order valence-corrected chi connectivity index (χ4v) is 8.25. The lowest BCUT2D eigenvalue weighted by Gasteiger charge is -2.62. The van der Waals surface area contributed by atoms with Crippen LogP contribution in [0.3, 0.4) is 0 Å². The zero-order valence-electron chi connectivity index (χ0n) is 19.5. The zero-order chi connectivity index (χ0) is 24.0. The fraction of sp³-hybridized carbons (Fsp3) is 0.593. The van der Waals surface area contributed by atoms with Gasteiger partial charge in [-0.15, -0.1) is 0 Å². The van der Waals surface area contributed by atoms with Crippen molar-refractivity contribution in [2.45, 2.75) is 58.0 Å². The van der Waals surface area contributed by atoms with Crippen LogP contribution in [0.5, 0.6) is 0 Å². The Hall–Kier alpha value is -2.51. The summed E-state index contributed by atoms with van der Waals surface area (Å²) in [6.45, 7) is 8.44. The van der Waals surface area contributed by atoms with Crippen LogP contribution in [0.1, 0.15) is 49.9 Å². The van der Waals surface area contributed by atoms with Crippen molar-refractivity contribution in [3.63, 3.8) is 0 Å². The molecule has 2 saturated heterocycles. The van der Waals surface area contributed by atoms with Gasteiger partial charge in [-0.2, -0.15) is 0 Å². The summed E-state index contributed by atoms with van der Waals surface area (Å²) >= 11 is 0. The third kappa shape index (κ3) is 2.47. The van der Waals surface area contributed by atoms with Gasteiger partial charge in [-0.05, 0) is 54.7 Å². The molecule has 6 rings (SSSR count). The van der Waals surface area contributed by atoms with Crippen LogP contribution in [0.25, 0.3) is 0 Å². The minimum absolute atomic E-state index is 0.205. The summed E-state index contributed by atoms with van der Waals surface area (Å²) in [6.07, 6.45) is 0.143. The highest BCUT2D eigenvalue weighted by Gasteiger charge is 2.81. The summed E-state index contributed by atoms with van der Waals surface area (Å²) in [4.78, 5) is 40.8. The predicted octanol–water partition coefficient (Wildman–Crippen LogP) is 3.06. The highest BCUT2D eigenvalue weighted by Crippen LogP contribution is 2.71. The van der Waals surface area contributed by atoms with E-state index in [0.29, 0.717) is 30.4 Å². The Morgan fingerprint density at radius 1 is 1.15 bits per heavy atom. The second-order valence-corrected chi connectivity index (χ2v) is 11.4. The lowest BCUT2D eigenvalue weighted by molar-refractivity contribution is -0.249. The van der Waals surface area contributed by atoms with Crippen molar-refractivity contribution in [1.29, 1.82) is 0 Å². The van der Waals surface area contributed by atoms with Crippen LogP contribution in [0.2, 0.25) is 0 Å². The summed E-state index contributed by atoms with van der Waals surface area (Å²) in [5.74, 6) is -2.78. The number of fused-ring (bicyclic) bond motifs is 1. The molecule has 1 aromatic rings. The van der Waals surface area contributed by atoms with Crippen molar-refractivity contribution in [3.8, 4) is 0 Å². The highest BCUT2D eigenvalue weighted by atomic mass is 16.6. The summed E-state index contributed by atoms with van der Waals surface area (Å²) < 4.78 is 17.9. The molecule has 5 fully saturated rings. The summed E-state index contributed by atoms with van der Waals surface area (Å²) in [7, 11) is 0. The Bertz CT molecular complexity index is 1090. The van der Waals surface area contributed by atoms with E-state index in [1.165, 1.54) is 0 Å². The lowest BCUT2D eigenvalue weighted by atomic mass is 9.43. The van der Waals surface area contributed by atoms with Gasteiger partial charge in [0.1, 0.15) is 12.2 Å². The van der Waals surface area contributed by atoms with Crippen LogP contribution < -0.4 is 0 Å². The molecule has 2 spiro atoms. The smallest absolute Gasteiger partial charge is 0.338 e. The van der Waals surface area contributed by atoms with E-state index < -0.39 is 53.1 Å². The molecule has 1 N–H and O–H groups in total. The Kier molecular flexibility index (Phi) is 4.53. The molecule has 2 aliphatic heterocycles. The minimum atomic E-state index is -1.65.